The third-order valence-corrected chi connectivity index (χ3v) is 6.65. The van der Waals surface area contributed by atoms with E-state index in [0.29, 0.717) is 6.04 Å². The molecule has 0 aliphatic heterocycles. The number of guanidine groups is 1. The third kappa shape index (κ3) is 7.37. The predicted octanol–water partition coefficient (Wildman–Crippen LogP) is 5.20. The summed E-state index contributed by atoms with van der Waals surface area (Å²) in [5, 5.41) is 16.9. The number of halogens is 1. The fourth-order valence-corrected chi connectivity index (χ4v) is 4.77. The van der Waals surface area contributed by atoms with E-state index in [9.17, 15) is 0 Å². The van der Waals surface area contributed by atoms with Crippen molar-refractivity contribution in [1.29, 1.82) is 0 Å². The van der Waals surface area contributed by atoms with E-state index < -0.39 is 0 Å². The van der Waals surface area contributed by atoms with Crippen molar-refractivity contribution in [3.8, 4) is 0 Å². The molecule has 1 aromatic heterocycles. The maximum Gasteiger partial charge on any atom is 0.191 e. The first kappa shape index (κ1) is 27.0. The van der Waals surface area contributed by atoms with E-state index in [1.165, 1.54) is 31.2 Å². The van der Waals surface area contributed by atoms with Gasteiger partial charge in [0.2, 0.25) is 0 Å². The fourth-order valence-electron chi connectivity index (χ4n) is 4.20. The minimum absolute atomic E-state index is 0. The summed E-state index contributed by atoms with van der Waals surface area (Å²) in [5.41, 5.74) is 1.31. The predicted molar refractivity (Wildman–Crippen MR) is 146 cm³/mol. The normalized spacial score (nSPS) is 14.9. The molecule has 8 heteroatoms. The average molecular weight is 571 g/mol. The Labute approximate surface area is 214 Å². The highest BCUT2D eigenvalue weighted by Crippen LogP contribution is 2.33. The molecule has 32 heavy (non-hydrogen) atoms. The first-order valence-corrected chi connectivity index (χ1v) is 12.8. The average Bonchev–Trinajstić information content (AvgIpc) is 3.45. The molecular formula is C24H39IN6S. The first-order valence-electron chi connectivity index (χ1n) is 11.6. The zero-order valence-electron chi connectivity index (χ0n) is 19.9. The number of rotatable bonds is 10. The lowest BCUT2D eigenvalue weighted by Gasteiger charge is -2.24. The Balaban J connectivity index is 0.00000363. The van der Waals surface area contributed by atoms with Gasteiger partial charge in [-0.1, -0.05) is 68.8 Å². The molecular weight excluding hydrogens is 531 g/mol. The molecule has 2 N–H and O–H groups in total. The van der Waals surface area contributed by atoms with Gasteiger partial charge >= 0.3 is 0 Å². The molecule has 0 radical (unpaired) electrons. The Morgan fingerprint density at radius 1 is 1.16 bits per heavy atom. The summed E-state index contributed by atoms with van der Waals surface area (Å²) in [7, 11) is 0. The number of nitrogens with zero attached hydrogens (tertiary/aromatic N) is 4. The third-order valence-electron chi connectivity index (χ3n) is 6.01. The monoisotopic (exact) mass is 570 g/mol. The molecule has 6 nitrogen and oxygen atoms in total. The summed E-state index contributed by atoms with van der Waals surface area (Å²) in [5.74, 6) is 2.01. The highest BCUT2D eigenvalue weighted by molar-refractivity contribution is 14.0. The van der Waals surface area contributed by atoms with Gasteiger partial charge in [0, 0.05) is 31.0 Å². The number of benzene rings is 1. The van der Waals surface area contributed by atoms with Crippen LogP contribution in [0.1, 0.15) is 70.3 Å². The van der Waals surface area contributed by atoms with Crippen LogP contribution in [0.15, 0.2) is 40.5 Å². The minimum Gasteiger partial charge on any atom is -0.357 e. The van der Waals surface area contributed by atoms with E-state index >= 15 is 0 Å². The van der Waals surface area contributed by atoms with Crippen LogP contribution in [0.2, 0.25) is 0 Å². The van der Waals surface area contributed by atoms with Crippen LogP contribution in [0.4, 0.5) is 0 Å². The maximum absolute atomic E-state index is 4.86. The molecule has 1 aliphatic rings. The molecule has 0 unspecified atom stereocenters. The smallest absolute Gasteiger partial charge is 0.191 e. The molecule has 0 atom stereocenters. The van der Waals surface area contributed by atoms with Gasteiger partial charge in [0.05, 0.1) is 6.54 Å². The van der Waals surface area contributed by atoms with Crippen LogP contribution in [-0.2, 0) is 11.8 Å². The van der Waals surface area contributed by atoms with Gasteiger partial charge in [-0.2, -0.15) is 0 Å². The minimum atomic E-state index is -0.00443. The van der Waals surface area contributed by atoms with Crippen molar-refractivity contribution in [2.45, 2.75) is 75.9 Å². The van der Waals surface area contributed by atoms with E-state index in [2.05, 4.69) is 82.8 Å². The number of hydrogen-bond donors (Lipinski definition) is 2. The van der Waals surface area contributed by atoms with Gasteiger partial charge in [-0.25, -0.2) is 0 Å². The van der Waals surface area contributed by atoms with Crippen molar-refractivity contribution in [3.63, 3.8) is 0 Å². The van der Waals surface area contributed by atoms with Crippen molar-refractivity contribution in [2.75, 3.05) is 25.9 Å². The van der Waals surface area contributed by atoms with Crippen molar-refractivity contribution >= 4 is 41.7 Å². The second kappa shape index (κ2) is 13.4. The second-order valence-electron chi connectivity index (χ2n) is 8.89. The van der Waals surface area contributed by atoms with Crippen LogP contribution in [-0.4, -0.2) is 46.6 Å². The molecule has 1 fully saturated rings. The van der Waals surface area contributed by atoms with Gasteiger partial charge in [0.15, 0.2) is 11.1 Å². The summed E-state index contributed by atoms with van der Waals surface area (Å²) in [6, 6.07) is 11.2. The highest BCUT2D eigenvalue weighted by atomic mass is 127. The summed E-state index contributed by atoms with van der Waals surface area (Å²) in [4.78, 5) is 4.86. The van der Waals surface area contributed by atoms with Gasteiger partial charge in [0.25, 0.3) is 0 Å². The molecule has 3 rings (SSSR count). The Morgan fingerprint density at radius 3 is 2.53 bits per heavy atom. The lowest BCUT2D eigenvalue weighted by molar-refractivity contribution is 0.460. The Kier molecular flexibility index (Phi) is 11.3. The number of nitrogens with one attached hydrogen (secondary N) is 2. The van der Waals surface area contributed by atoms with E-state index in [4.69, 9.17) is 4.99 Å². The van der Waals surface area contributed by atoms with E-state index in [0.717, 1.165) is 49.4 Å². The van der Waals surface area contributed by atoms with Gasteiger partial charge in [-0.3, -0.25) is 4.99 Å². The van der Waals surface area contributed by atoms with E-state index in [-0.39, 0.29) is 29.4 Å². The summed E-state index contributed by atoms with van der Waals surface area (Å²) in [6.45, 7) is 9.05. The largest absolute Gasteiger partial charge is 0.357 e. The molecule has 1 aromatic carbocycles. The van der Waals surface area contributed by atoms with Crippen molar-refractivity contribution in [1.82, 2.24) is 25.4 Å². The Morgan fingerprint density at radius 2 is 1.88 bits per heavy atom. The van der Waals surface area contributed by atoms with Crippen LogP contribution in [0, 0.1) is 0 Å². The molecule has 2 aromatic rings. The molecule has 0 bridgehead atoms. The topological polar surface area (TPSA) is 67.1 Å². The van der Waals surface area contributed by atoms with Crippen LogP contribution in [0.3, 0.4) is 0 Å². The van der Waals surface area contributed by atoms with Crippen LogP contribution >= 0.6 is 35.7 Å². The van der Waals surface area contributed by atoms with Crippen LogP contribution in [0.25, 0.3) is 0 Å². The molecule has 0 spiro atoms. The molecule has 1 heterocycles. The molecule has 1 saturated carbocycles. The summed E-state index contributed by atoms with van der Waals surface area (Å²) in [6.07, 6.45) is 9.18. The molecule has 1 aliphatic carbocycles. The Hall–Kier alpha value is -1.29. The molecule has 0 amide bonds. The lowest BCUT2D eigenvalue weighted by atomic mass is 9.85. The molecule has 178 valence electrons. The van der Waals surface area contributed by atoms with Crippen LogP contribution < -0.4 is 10.6 Å². The van der Waals surface area contributed by atoms with Gasteiger partial charge in [-0.05, 0) is 38.0 Å². The zero-order valence-corrected chi connectivity index (χ0v) is 23.1. The number of aromatic nitrogens is 3. The van der Waals surface area contributed by atoms with Gasteiger partial charge < -0.3 is 15.2 Å². The standard InChI is InChI=1S/C24H38N6S.HI/c1-5-25-22(27-18-24(2,3)19-12-7-6-8-13-19)26-17-11-16-21-28-29-23(31-4)30(21)20-14-9-10-15-20;/h6-8,12-13,20H,5,9-11,14-18H2,1-4H3,(H2,25,26,27);1H. The summed E-state index contributed by atoms with van der Waals surface area (Å²) < 4.78 is 2.40. The number of aliphatic imine (C=N–C) groups is 1. The van der Waals surface area contributed by atoms with Crippen molar-refractivity contribution < 1.29 is 0 Å². The highest BCUT2D eigenvalue weighted by Gasteiger charge is 2.23. The number of aryl methyl sites for hydroxylation is 1. The molecule has 0 saturated heterocycles. The number of thioether (sulfide) groups is 1. The second-order valence-corrected chi connectivity index (χ2v) is 9.66. The first-order chi connectivity index (χ1) is 15.0. The fraction of sp³-hybridized carbons (Fsp3) is 0.625. The maximum atomic E-state index is 4.86. The van der Waals surface area contributed by atoms with Crippen molar-refractivity contribution in [3.05, 3.63) is 41.7 Å². The quantitative estimate of drug-likeness (QED) is 0.135. The lowest BCUT2D eigenvalue weighted by Crippen LogP contribution is -2.39. The van der Waals surface area contributed by atoms with E-state index in [1.807, 2.05) is 0 Å². The van der Waals surface area contributed by atoms with Crippen LogP contribution in [0.5, 0.6) is 0 Å². The van der Waals surface area contributed by atoms with Gasteiger partial charge in [0.1, 0.15) is 5.82 Å². The SMILES string of the molecule is CCNC(=NCC(C)(C)c1ccccc1)NCCCc1nnc(SC)n1C1CCCC1.I. The van der Waals surface area contributed by atoms with Gasteiger partial charge in [-0.15, -0.1) is 34.2 Å². The van der Waals surface area contributed by atoms with E-state index in [1.54, 1.807) is 11.8 Å². The van der Waals surface area contributed by atoms with Crippen molar-refractivity contribution in [2.24, 2.45) is 4.99 Å². The summed E-state index contributed by atoms with van der Waals surface area (Å²) >= 11 is 1.71. The zero-order chi connectivity index (χ0) is 22.1. The number of hydrogen-bond acceptors (Lipinski definition) is 4. The Bertz CT molecular complexity index is 830.